The molecular weight excluding hydrogens is 499 g/mol. The third kappa shape index (κ3) is 8.01. The predicted molar refractivity (Wildman–Crippen MR) is 137 cm³/mol. The number of nitrogens with zero attached hydrogens (tertiary/aromatic N) is 1. The van der Waals surface area contributed by atoms with Gasteiger partial charge < -0.3 is 9.47 Å². The van der Waals surface area contributed by atoms with Crippen LogP contribution in [0.2, 0.25) is 0 Å². The predicted octanol–water partition coefficient (Wildman–Crippen LogP) is 7.31. The SMILES string of the molecule is CC(C)(CC(=O)Oc1ccc(/C=C/C(=O)Oc2ccc(-c3cc(=S)ss3)cc2)cc1)SN=O. The topological polar surface area (TPSA) is 82.0 Å². The van der Waals surface area contributed by atoms with E-state index < -0.39 is 16.7 Å². The van der Waals surface area contributed by atoms with Crippen LogP contribution in [0.1, 0.15) is 25.8 Å². The number of rotatable bonds is 9. The summed E-state index contributed by atoms with van der Waals surface area (Å²) in [4.78, 5) is 35.6. The first-order chi connectivity index (χ1) is 15.7. The average Bonchev–Trinajstić information content (AvgIpc) is 3.19. The number of nitroso groups, excluding NO2 is 1. The Kier molecular flexibility index (Phi) is 8.67. The fraction of sp³-hybridized carbons (Fsp3) is 0.174. The molecule has 0 radical (unpaired) electrons. The van der Waals surface area contributed by atoms with Gasteiger partial charge in [0, 0.05) is 32.2 Å². The molecule has 1 heterocycles. The first-order valence-electron chi connectivity index (χ1n) is 9.66. The number of hydrogen-bond acceptors (Lipinski definition) is 10. The summed E-state index contributed by atoms with van der Waals surface area (Å²) in [5.41, 5.74) is 1.76. The summed E-state index contributed by atoms with van der Waals surface area (Å²) >= 11 is 5.95. The van der Waals surface area contributed by atoms with Crippen molar-refractivity contribution < 1.29 is 19.1 Å². The zero-order chi connectivity index (χ0) is 23.8. The number of esters is 2. The maximum atomic E-state index is 12.1. The molecule has 6 nitrogen and oxygen atoms in total. The summed E-state index contributed by atoms with van der Waals surface area (Å²) in [6, 6.07) is 15.9. The molecule has 0 unspecified atom stereocenters. The van der Waals surface area contributed by atoms with Crippen LogP contribution in [-0.4, -0.2) is 16.7 Å². The minimum Gasteiger partial charge on any atom is -0.426 e. The van der Waals surface area contributed by atoms with E-state index in [1.165, 1.54) is 6.08 Å². The Bertz CT molecular complexity index is 1210. The molecule has 0 aliphatic carbocycles. The molecule has 170 valence electrons. The fourth-order valence-electron chi connectivity index (χ4n) is 2.67. The van der Waals surface area contributed by atoms with E-state index in [1.807, 2.05) is 18.2 Å². The highest BCUT2D eigenvalue weighted by atomic mass is 32.9. The minimum absolute atomic E-state index is 0.0424. The summed E-state index contributed by atoms with van der Waals surface area (Å²) < 4.78 is 13.6. The molecule has 0 amide bonds. The van der Waals surface area contributed by atoms with Crippen molar-refractivity contribution in [3.05, 3.63) is 75.0 Å². The summed E-state index contributed by atoms with van der Waals surface area (Å²) in [6.45, 7) is 3.48. The standard InChI is InChI=1S/C23H19NO5S4/c1-23(2,33-24-27)14-21(26)29-17-8-3-15(4-9-17)5-12-20(25)28-18-10-6-16(7-11-18)19-13-22(30)32-31-19/h3-13H,14H2,1-2H3/b12-5+. The van der Waals surface area contributed by atoms with Crippen LogP contribution < -0.4 is 9.47 Å². The van der Waals surface area contributed by atoms with Crippen molar-refractivity contribution in [1.29, 1.82) is 0 Å². The highest BCUT2D eigenvalue weighted by Gasteiger charge is 2.25. The summed E-state index contributed by atoms with van der Waals surface area (Å²) in [6.07, 6.45) is 2.97. The van der Waals surface area contributed by atoms with Gasteiger partial charge in [0.25, 0.3) is 0 Å². The van der Waals surface area contributed by atoms with Gasteiger partial charge >= 0.3 is 11.9 Å². The summed E-state index contributed by atoms with van der Waals surface area (Å²) in [7, 11) is 3.16. The molecule has 0 N–H and O–H groups in total. The van der Waals surface area contributed by atoms with Gasteiger partial charge in [-0.25, -0.2) is 4.79 Å². The molecule has 0 bridgehead atoms. The Morgan fingerprint density at radius 3 is 2.27 bits per heavy atom. The van der Waals surface area contributed by atoms with Crippen molar-refractivity contribution in [3.63, 3.8) is 0 Å². The third-order valence-corrected chi connectivity index (χ3v) is 7.82. The van der Waals surface area contributed by atoms with Gasteiger partial charge in [0.15, 0.2) is 0 Å². The van der Waals surface area contributed by atoms with Crippen LogP contribution in [0.25, 0.3) is 16.5 Å². The van der Waals surface area contributed by atoms with Gasteiger partial charge in [-0.1, -0.05) is 45.0 Å². The number of carbonyl (C=O) groups excluding carboxylic acids is 2. The summed E-state index contributed by atoms with van der Waals surface area (Å²) in [5, 5.41) is 0. The van der Waals surface area contributed by atoms with Crippen LogP contribution in [0.15, 0.2) is 65.3 Å². The molecule has 0 fully saturated rings. The van der Waals surface area contributed by atoms with Crippen LogP contribution in [-0.2, 0) is 9.59 Å². The number of benzene rings is 2. The second-order valence-corrected chi connectivity index (χ2v) is 11.8. The van der Waals surface area contributed by atoms with E-state index in [2.05, 4.69) is 4.58 Å². The van der Waals surface area contributed by atoms with Crippen molar-refractivity contribution in [2.75, 3.05) is 0 Å². The smallest absolute Gasteiger partial charge is 0.336 e. The molecule has 2 aromatic carbocycles. The van der Waals surface area contributed by atoms with Gasteiger partial charge in [0.2, 0.25) is 0 Å². The van der Waals surface area contributed by atoms with E-state index in [0.717, 1.165) is 31.8 Å². The second-order valence-electron chi connectivity index (χ2n) is 7.42. The maximum absolute atomic E-state index is 12.1. The summed E-state index contributed by atoms with van der Waals surface area (Å²) in [5.74, 6) is -0.152. The molecule has 3 aromatic rings. The van der Waals surface area contributed by atoms with Crippen LogP contribution >= 0.6 is 44.8 Å². The Labute approximate surface area is 207 Å². The van der Waals surface area contributed by atoms with Crippen LogP contribution in [0, 0.1) is 8.73 Å². The van der Waals surface area contributed by atoms with Gasteiger partial charge in [0.05, 0.1) is 6.42 Å². The van der Waals surface area contributed by atoms with E-state index in [-0.39, 0.29) is 6.42 Å². The Hall–Kier alpha value is -2.66. The number of hydrogen-bond donors (Lipinski definition) is 0. The monoisotopic (exact) mass is 517 g/mol. The van der Waals surface area contributed by atoms with E-state index in [4.69, 9.17) is 21.7 Å². The van der Waals surface area contributed by atoms with Crippen molar-refractivity contribution >= 4 is 62.9 Å². The van der Waals surface area contributed by atoms with Crippen LogP contribution in [0.3, 0.4) is 0 Å². The number of carbonyl (C=O) groups is 2. The van der Waals surface area contributed by atoms with Gasteiger partial charge in [-0.2, -0.15) is 0 Å². The van der Waals surface area contributed by atoms with Crippen molar-refractivity contribution in [2.45, 2.75) is 25.0 Å². The fourth-order valence-corrected chi connectivity index (χ4v) is 5.46. The van der Waals surface area contributed by atoms with E-state index in [0.29, 0.717) is 11.5 Å². The molecule has 0 aliphatic rings. The van der Waals surface area contributed by atoms with Crippen LogP contribution in [0.5, 0.6) is 11.5 Å². The molecular formula is C23H19NO5S4. The molecule has 0 aliphatic heterocycles. The minimum atomic E-state index is -0.637. The Morgan fingerprint density at radius 1 is 1.03 bits per heavy atom. The quantitative estimate of drug-likeness (QED) is 0.0559. The van der Waals surface area contributed by atoms with Crippen molar-refractivity contribution in [3.8, 4) is 21.9 Å². The van der Waals surface area contributed by atoms with E-state index in [9.17, 15) is 14.5 Å². The Morgan fingerprint density at radius 2 is 1.67 bits per heavy atom. The molecule has 0 saturated carbocycles. The van der Waals surface area contributed by atoms with Gasteiger partial charge in [-0.05, 0) is 73.5 Å². The lowest BCUT2D eigenvalue weighted by Crippen LogP contribution is -2.22. The van der Waals surface area contributed by atoms with E-state index in [1.54, 1.807) is 77.0 Å². The third-order valence-electron chi connectivity index (χ3n) is 4.20. The van der Waals surface area contributed by atoms with Gasteiger partial charge in [-0.15, -0.1) is 4.91 Å². The first kappa shape index (κ1) is 25.0. The normalized spacial score (nSPS) is 11.3. The average molecular weight is 518 g/mol. The molecule has 0 spiro atoms. The molecule has 1 aromatic heterocycles. The van der Waals surface area contributed by atoms with E-state index >= 15 is 0 Å². The first-order valence-corrected chi connectivity index (χ1v) is 13.0. The lowest BCUT2D eigenvalue weighted by Gasteiger charge is -2.17. The van der Waals surface area contributed by atoms with Gasteiger partial charge in [-0.3, -0.25) is 4.79 Å². The molecule has 10 heteroatoms. The molecule has 33 heavy (non-hydrogen) atoms. The Balaban J connectivity index is 1.52. The van der Waals surface area contributed by atoms with Crippen molar-refractivity contribution in [1.82, 2.24) is 0 Å². The highest BCUT2D eigenvalue weighted by Crippen LogP contribution is 2.31. The zero-order valence-electron chi connectivity index (χ0n) is 17.7. The lowest BCUT2D eigenvalue weighted by molar-refractivity contribution is -0.134. The molecule has 3 rings (SSSR count). The maximum Gasteiger partial charge on any atom is 0.336 e. The van der Waals surface area contributed by atoms with Crippen LogP contribution in [0.4, 0.5) is 0 Å². The highest BCUT2D eigenvalue weighted by molar-refractivity contribution is 7.99. The largest absolute Gasteiger partial charge is 0.426 e. The van der Waals surface area contributed by atoms with Crippen molar-refractivity contribution in [2.24, 2.45) is 4.58 Å². The molecule has 0 atom stereocenters. The second kappa shape index (κ2) is 11.5. The lowest BCUT2D eigenvalue weighted by atomic mass is 10.1. The molecule has 0 saturated heterocycles. The zero-order valence-corrected chi connectivity index (χ0v) is 20.9. The van der Waals surface area contributed by atoms with Gasteiger partial charge in [0.1, 0.15) is 15.3 Å². The number of ether oxygens (including phenoxy) is 2.